The van der Waals surface area contributed by atoms with Gasteiger partial charge in [0.1, 0.15) is 5.78 Å². The van der Waals surface area contributed by atoms with Crippen molar-refractivity contribution in [2.45, 2.75) is 33.6 Å². The lowest BCUT2D eigenvalue weighted by molar-refractivity contribution is -0.118. The zero-order valence-electron chi connectivity index (χ0n) is 6.40. The molecule has 0 spiro atoms. The molecule has 0 unspecified atom stereocenters. The van der Waals surface area contributed by atoms with E-state index in [1.807, 2.05) is 26.8 Å². The summed E-state index contributed by atoms with van der Waals surface area (Å²) in [7, 11) is 0. The second-order valence-electron chi connectivity index (χ2n) is 2.20. The molecular formula is C8H14O. The van der Waals surface area contributed by atoms with Crippen LogP contribution in [0.3, 0.4) is 0 Å². The predicted molar refractivity (Wildman–Crippen MR) is 39.3 cm³/mol. The van der Waals surface area contributed by atoms with Crippen molar-refractivity contribution < 1.29 is 4.79 Å². The number of rotatable bonds is 3. The maximum Gasteiger partial charge on any atom is 0.136 e. The van der Waals surface area contributed by atoms with Crippen LogP contribution in [-0.2, 0) is 4.79 Å². The van der Waals surface area contributed by atoms with Crippen LogP contribution in [0.1, 0.15) is 33.6 Å². The molecule has 0 saturated heterocycles. The lowest BCUT2D eigenvalue weighted by atomic mass is 10.1. The van der Waals surface area contributed by atoms with Crippen molar-refractivity contribution in [3.8, 4) is 0 Å². The molecule has 0 aliphatic heterocycles. The SMILES string of the molecule is CC=C(C)CC(=O)CC. The van der Waals surface area contributed by atoms with E-state index in [0.717, 1.165) is 0 Å². The van der Waals surface area contributed by atoms with E-state index in [4.69, 9.17) is 0 Å². The first kappa shape index (κ1) is 8.41. The molecule has 0 atom stereocenters. The Morgan fingerprint density at radius 1 is 1.56 bits per heavy atom. The van der Waals surface area contributed by atoms with Gasteiger partial charge in [-0.2, -0.15) is 0 Å². The Labute approximate surface area is 56.8 Å². The molecule has 0 rings (SSSR count). The second-order valence-corrected chi connectivity index (χ2v) is 2.20. The van der Waals surface area contributed by atoms with E-state index in [1.54, 1.807) is 0 Å². The van der Waals surface area contributed by atoms with Gasteiger partial charge in [0.25, 0.3) is 0 Å². The standard InChI is InChI=1S/C8H14O/c1-4-7(3)6-8(9)5-2/h4H,5-6H2,1-3H3. The maximum atomic E-state index is 10.7. The minimum Gasteiger partial charge on any atom is -0.299 e. The second kappa shape index (κ2) is 4.30. The van der Waals surface area contributed by atoms with Crippen LogP contribution in [0.4, 0.5) is 0 Å². The molecule has 1 heteroatoms. The largest absolute Gasteiger partial charge is 0.299 e. The fraction of sp³-hybridized carbons (Fsp3) is 0.625. The van der Waals surface area contributed by atoms with Crippen LogP contribution < -0.4 is 0 Å². The monoisotopic (exact) mass is 126 g/mol. The van der Waals surface area contributed by atoms with E-state index in [1.165, 1.54) is 5.57 Å². The normalized spacial score (nSPS) is 11.7. The number of Topliss-reactive ketones (excluding diaryl/α,β-unsaturated/α-hetero) is 1. The fourth-order valence-electron chi connectivity index (χ4n) is 0.538. The Morgan fingerprint density at radius 2 is 2.11 bits per heavy atom. The van der Waals surface area contributed by atoms with E-state index in [0.29, 0.717) is 18.6 Å². The van der Waals surface area contributed by atoms with Crippen molar-refractivity contribution in [2.24, 2.45) is 0 Å². The molecule has 0 aromatic carbocycles. The van der Waals surface area contributed by atoms with Gasteiger partial charge in [-0.15, -0.1) is 0 Å². The van der Waals surface area contributed by atoms with Gasteiger partial charge in [-0.05, 0) is 13.8 Å². The average molecular weight is 126 g/mol. The highest BCUT2D eigenvalue weighted by Gasteiger charge is 1.96. The fourth-order valence-corrected chi connectivity index (χ4v) is 0.538. The van der Waals surface area contributed by atoms with Crippen molar-refractivity contribution >= 4 is 5.78 Å². The van der Waals surface area contributed by atoms with Crippen molar-refractivity contribution in [1.82, 2.24) is 0 Å². The van der Waals surface area contributed by atoms with Crippen molar-refractivity contribution in [3.05, 3.63) is 11.6 Å². The molecule has 0 bridgehead atoms. The van der Waals surface area contributed by atoms with Crippen LogP contribution in [0.15, 0.2) is 11.6 Å². The molecule has 0 heterocycles. The van der Waals surface area contributed by atoms with E-state index >= 15 is 0 Å². The third kappa shape index (κ3) is 3.95. The Morgan fingerprint density at radius 3 is 2.44 bits per heavy atom. The highest BCUT2D eigenvalue weighted by molar-refractivity contribution is 5.80. The minimum absolute atomic E-state index is 0.325. The van der Waals surface area contributed by atoms with Gasteiger partial charge in [0, 0.05) is 12.8 Å². The van der Waals surface area contributed by atoms with Crippen LogP contribution >= 0.6 is 0 Å². The summed E-state index contributed by atoms with van der Waals surface area (Å²) in [5.41, 5.74) is 1.17. The number of ketones is 1. The van der Waals surface area contributed by atoms with Gasteiger partial charge in [-0.1, -0.05) is 18.6 Å². The number of carbonyl (C=O) groups excluding carboxylic acids is 1. The summed E-state index contributed by atoms with van der Waals surface area (Å²) in [6.07, 6.45) is 3.27. The van der Waals surface area contributed by atoms with Gasteiger partial charge < -0.3 is 0 Å². The quantitative estimate of drug-likeness (QED) is 0.530. The third-order valence-corrected chi connectivity index (χ3v) is 1.36. The van der Waals surface area contributed by atoms with Crippen molar-refractivity contribution in [3.63, 3.8) is 0 Å². The number of allylic oxidation sites excluding steroid dienone is 2. The lowest BCUT2D eigenvalue weighted by Gasteiger charge is -1.94. The molecule has 52 valence electrons. The van der Waals surface area contributed by atoms with Crippen molar-refractivity contribution in [1.29, 1.82) is 0 Å². The number of hydrogen-bond donors (Lipinski definition) is 0. The molecule has 0 fully saturated rings. The van der Waals surface area contributed by atoms with Gasteiger partial charge in [-0.3, -0.25) is 4.79 Å². The van der Waals surface area contributed by atoms with Crippen LogP contribution in [0.2, 0.25) is 0 Å². The summed E-state index contributed by atoms with van der Waals surface area (Å²) in [5.74, 6) is 0.325. The molecule has 0 radical (unpaired) electrons. The lowest BCUT2D eigenvalue weighted by Crippen LogP contribution is -1.94. The number of hydrogen-bond acceptors (Lipinski definition) is 1. The summed E-state index contributed by atoms with van der Waals surface area (Å²) >= 11 is 0. The van der Waals surface area contributed by atoms with E-state index in [-0.39, 0.29) is 0 Å². The molecule has 0 saturated carbocycles. The predicted octanol–water partition coefficient (Wildman–Crippen LogP) is 2.32. The summed E-state index contributed by atoms with van der Waals surface area (Å²) in [5, 5.41) is 0. The first-order valence-corrected chi connectivity index (χ1v) is 3.34. The molecule has 0 aliphatic rings. The number of carbonyl (C=O) groups is 1. The van der Waals surface area contributed by atoms with E-state index < -0.39 is 0 Å². The highest BCUT2D eigenvalue weighted by atomic mass is 16.1. The van der Waals surface area contributed by atoms with Crippen LogP contribution in [0, 0.1) is 0 Å². The molecule has 1 nitrogen and oxygen atoms in total. The molecule has 0 aromatic rings. The maximum absolute atomic E-state index is 10.7. The molecule has 9 heavy (non-hydrogen) atoms. The summed E-state index contributed by atoms with van der Waals surface area (Å²) in [6.45, 7) is 5.83. The van der Waals surface area contributed by atoms with Crippen molar-refractivity contribution in [2.75, 3.05) is 0 Å². The Kier molecular flexibility index (Phi) is 4.02. The van der Waals surface area contributed by atoms with Crippen LogP contribution in [0.5, 0.6) is 0 Å². The topological polar surface area (TPSA) is 17.1 Å². The molecule has 0 aliphatic carbocycles. The Bertz CT molecular complexity index is 123. The van der Waals surface area contributed by atoms with E-state index in [2.05, 4.69) is 0 Å². The average Bonchev–Trinajstić information content (AvgIpc) is 1.87. The smallest absolute Gasteiger partial charge is 0.136 e. The van der Waals surface area contributed by atoms with Gasteiger partial charge >= 0.3 is 0 Å². The zero-order valence-corrected chi connectivity index (χ0v) is 6.40. The van der Waals surface area contributed by atoms with Gasteiger partial charge in [0.2, 0.25) is 0 Å². The summed E-state index contributed by atoms with van der Waals surface area (Å²) < 4.78 is 0. The Balaban J connectivity index is 3.60. The summed E-state index contributed by atoms with van der Waals surface area (Å²) in [6, 6.07) is 0. The summed E-state index contributed by atoms with van der Waals surface area (Å²) in [4.78, 5) is 10.7. The Hall–Kier alpha value is -0.590. The molecule has 0 amide bonds. The third-order valence-electron chi connectivity index (χ3n) is 1.36. The zero-order chi connectivity index (χ0) is 7.28. The van der Waals surface area contributed by atoms with E-state index in [9.17, 15) is 4.79 Å². The van der Waals surface area contributed by atoms with Crippen LogP contribution in [0.25, 0.3) is 0 Å². The van der Waals surface area contributed by atoms with Gasteiger partial charge in [0.15, 0.2) is 0 Å². The molecular weight excluding hydrogens is 112 g/mol. The van der Waals surface area contributed by atoms with Crippen LogP contribution in [-0.4, -0.2) is 5.78 Å². The van der Waals surface area contributed by atoms with Gasteiger partial charge in [-0.25, -0.2) is 0 Å². The highest BCUT2D eigenvalue weighted by Crippen LogP contribution is 2.01. The minimum atomic E-state index is 0.325. The first-order valence-electron chi connectivity index (χ1n) is 3.34. The molecule has 0 aromatic heterocycles. The molecule has 0 N–H and O–H groups in total. The first-order chi connectivity index (χ1) is 4.20. The van der Waals surface area contributed by atoms with Gasteiger partial charge in [0.05, 0.1) is 0 Å².